The van der Waals surface area contributed by atoms with Crippen LogP contribution in [0.4, 0.5) is 4.70 Å². The minimum atomic E-state index is 0. The van der Waals surface area contributed by atoms with Gasteiger partial charge in [0.25, 0.3) is 0 Å². The summed E-state index contributed by atoms with van der Waals surface area (Å²) in [6, 6.07) is 0. The van der Waals surface area contributed by atoms with Gasteiger partial charge in [-0.05, 0) is 0 Å². The Morgan fingerprint density at radius 3 is 0.462 bits per heavy atom. The van der Waals surface area contributed by atoms with Crippen LogP contribution in [-0.4, -0.2) is 0 Å². The van der Waals surface area contributed by atoms with Gasteiger partial charge in [0.2, 0.25) is 0 Å². The molecule has 0 atom stereocenters. The summed E-state index contributed by atoms with van der Waals surface area (Å²) in [5, 5.41) is 0. The molecule has 1 heteroatoms. The van der Waals surface area contributed by atoms with Crippen LogP contribution in [0.15, 0.2) is 0 Å². The first-order chi connectivity index (χ1) is 5.74. The molecule has 0 fully saturated rings. The van der Waals surface area contributed by atoms with Gasteiger partial charge in [-0.2, -0.15) is 0 Å². The molecule has 13 heavy (non-hydrogen) atoms. The molecule has 0 N–H and O–H groups in total. The van der Waals surface area contributed by atoms with Gasteiger partial charge >= 0.3 is 0 Å². The summed E-state index contributed by atoms with van der Waals surface area (Å²) in [6.07, 6.45) is 7.92. The summed E-state index contributed by atoms with van der Waals surface area (Å²) < 4.78 is 0. The molecular formula is C12H31F. The second-order valence-electron chi connectivity index (χ2n) is 3.00. The van der Waals surface area contributed by atoms with Crippen LogP contribution < -0.4 is 0 Å². The maximum absolute atomic E-state index is 2.18. The number of hydrogen-bond acceptors (Lipinski definition) is 0. The van der Waals surface area contributed by atoms with Gasteiger partial charge < -0.3 is 0 Å². The van der Waals surface area contributed by atoms with E-state index in [1.54, 1.807) is 0 Å². The van der Waals surface area contributed by atoms with E-state index in [9.17, 15) is 0 Å². The maximum atomic E-state index is 2.18. The van der Waals surface area contributed by atoms with Crippen LogP contribution in [0.1, 0.15) is 80.1 Å². The van der Waals surface area contributed by atoms with Crippen molar-refractivity contribution in [1.82, 2.24) is 0 Å². The van der Waals surface area contributed by atoms with Crippen molar-refractivity contribution in [2.75, 3.05) is 0 Å². The molecule has 0 radical (unpaired) electrons. The highest BCUT2D eigenvalue weighted by Gasteiger charge is 1.57. The van der Waals surface area contributed by atoms with Gasteiger partial charge in [-0.1, -0.05) is 80.1 Å². The average Bonchev–Trinajstić information content (AvgIpc) is 2.18. The highest BCUT2D eigenvalue weighted by atomic mass is 19.0. The Balaban J connectivity index is -0.0000000450. The first-order valence-corrected chi connectivity index (χ1v) is 5.74. The van der Waals surface area contributed by atoms with Crippen molar-refractivity contribution < 1.29 is 4.70 Å². The molecule has 0 aliphatic carbocycles. The molecule has 0 saturated carbocycles. The van der Waals surface area contributed by atoms with Gasteiger partial charge in [0.05, 0.1) is 0 Å². The summed E-state index contributed by atoms with van der Waals surface area (Å²) in [4.78, 5) is 0. The fraction of sp³-hybridized carbons (Fsp3) is 1.00. The zero-order valence-electron chi connectivity index (χ0n) is 10.7. The Morgan fingerprint density at radius 1 is 0.385 bits per heavy atom. The molecule has 0 saturated heterocycles. The molecule has 0 spiro atoms. The largest absolute Gasteiger partial charge is 0.269 e. The Bertz CT molecular complexity index is 20.6. The summed E-state index contributed by atoms with van der Waals surface area (Å²) >= 11 is 0. The van der Waals surface area contributed by atoms with Crippen molar-refractivity contribution >= 4 is 0 Å². The summed E-state index contributed by atoms with van der Waals surface area (Å²) in [6.45, 7) is 13.1. The molecule has 0 aliphatic rings. The van der Waals surface area contributed by atoms with Gasteiger partial charge in [0.15, 0.2) is 0 Å². The van der Waals surface area contributed by atoms with E-state index in [1.165, 1.54) is 38.5 Å². The van der Waals surface area contributed by atoms with Gasteiger partial charge in [0, 0.05) is 0 Å². The van der Waals surface area contributed by atoms with Crippen LogP contribution in [0, 0.1) is 0 Å². The molecule has 0 heterocycles. The standard InChI is InChI=1S/3C4H10.FH/c3*1-3-4-2;/h3*3-4H2,1-2H3;1H. The molecule has 0 unspecified atom stereocenters. The molecule has 86 valence electrons. The Labute approximate surface area is 85.5 Å². The minimum absolute atomic E-state index is 0. The predicted octanol–water partition coefficient (Wildman–Crippen LogP) is 5.57. The van der Waals surface area contributed by atoms with Crippen LogP contribution in [0.25, 0.3) is 0 Å². The average molecular weight is 194 g/mol. The van der Waals surface area contributed by atoms with Crippen LogP contribution in [0.2, 0.25) is 0 Å². The van der Waals surface area contributed by atoms with Gasteiger partial charge in [-0.3, -0.25) is 4.70 Å². The van der Waals surface area contributed by atoms with E-state index in [0.29, 0.717) is 0 Å². The van der Waals surface area contributed by atoms with Crippen molar-refractivity contribution in [2.45, 2.75) is 80.1 Å². The summed E-state index contributed by atoms with van der Waals surface area (Å²) in [7, 11) is 0. The zero-order chi connectivity index (χ0) is 10.2. The molecule has 0 aliphatic heterocycles. The molecule has 0 aromatic carbocycles. The molecule has 0 aromatic heterocycles. The number of unbranched alkanes of at least 4 members (excludes halogenated alkanes) is 3. The lowest BCUT2D eigenvalue weighted by atomic mass is 10.4. The fourth-order valence-corrected chi connectivity index (χ4v) is 0. The minimum Gasteiger partial charge on any atom is -0.269 e. The van der Waals surface area contributed by atoms with Gasteiger partial charge in [-0.15, -0.1) is 0 Å². The van der Waals surface area contributed by atoms with E-state index < -0.39 is 0 Å². The van der Waals surface area contributed by atoms with E-state index in [-0.39, 0.29) is 4.70 Å². The smallest absolute Gasteiger partial charge is 0.0564 e. The molecule has 0 aromatic rings. The van der Waals surface area contributed by atoms with Gasteiger partial charge in [-0.25, -0.2) is 0 Å². The zero-order valence-corrected chi connectivity index (χ0v) is 10.7. The Kier molecular flexibility index (Phi) is 71.9. The molecular weight excluding hydrogens is 163 g/mol. The third-order valence-corrected chi connectivity index (χ3v) is 1.50. The summed E-state index contributed by atoms with van der Waals surface area (Å²) in [5.74, 6) is 0. The third-order valence-electron chi connectivity index (χ3n) is 1.50. The topological polar surface area (TPSA) is 0 Å². The van der Waals surface area contributed by atoms with E-state index in [1.807, 2.05) is 0 Å². The molecule has 0 rings (SSSR count). The van der Waals surface area contributed by atoms with Gasteiger partial charge in [0.1, 0.15) is 0 Å². The monoisotopic (exact) mass is 194 g/mol. The number of halogens is 1. The second-order valence-corrected chi connectivity index (χ2v) is 3.00. The van der Waals surface area contributed by atoms with E-state index in [4.69, 9.17) is 0 Å². The first kappa shape index (κ1) is 23.1. The van der Waals surface area contributed by atoms with Crippen molar-refractivity contribution in [3.8, 4) is 0 Å². The van der Waals surface area contributed by atoms with E-state index >= 15 is 0 Å². The lowest BCUT2D eigenvalue weighted by molar-refractivity contribution is 0.886. The van der Waals surface area contributed by atoms with Crippen molar-refractivity contribution in [3.63, 3.8) is 0 Å². The predicted molar refractivity (Wildman–Crippen MR) is 64.2 cm³/mol. The maximum Gasteiger partial charge on any atom is -0.0564 e. The van der Waals surface area contributed by atoms with Crippen LogP contribution in [0.3, 0.4) is 0 Å². The van der Waals surface area contributed by atoms with Crippen LogP contribution in [0.5, 0.6) is 0 Å². The van der Waals surface area contributed by atoms with Crippen molar-refractivity contribution in [1.29, 1.82) is 0 Å². The lowest BCUT2D eigenvalue weighted by Gasteiger charge is -1.68. The first-order valence-electron chi connectivity index (χ1n) is 5.74. The van der Waals surface area contributed by atoms with E-state index in [2.05, 4.69) is 41.5 Å². The van der Waals surface area contributed by atoms with E-state index in [0.717, 1.165) is 0 Å². The Hall–Kier alpha value is -0.0700. The normalized spacial score (nSPS) is 6.92. The number of hydrogen-bond donors (Lipinski definition) is 0. The van der Waals surface area contributed by atoms with Crippen LogP contribution in [-0.2, 0) is 0 Å². The quantitative estimate of drug-likeness (QED) is 0.551. The third kappa shape index (κ3) is 137. The Morgan fingerprint density at radius 2 is 0.462 bits per heavy atom. The molecule has 0 bridgehead atoms. The molecule has 0 amide bonds. The highest BCUT2D eigenvalue weighted by Crippen LogP contribution is 1.77. The number of rotatable bonds is 3. The molecule has 0 nitrogen and oxygen atoms in total. The highest BCUT2D eigenvalue weighted by molar-refractivity contribution is 4.13. The van der Waals surface area contributed by atoms with Crippen molar-refractivity contribution in [2.24, 2.45) is 0 Å². The van der Waals surface area contributed by atoms with Crippen molar-refractivity contribution in [3.05, 3.63) is 0 Å². The fourth-order valence-electron chi connectivity index (χ4n) is 0. The van der Waals surface area contributed by atoms with Crippen LogP contribution >= 0.6 is 0 Å². The lowest BCUT2D eigenvalue weighted by Crippen LogP contribution is -1.47. The second kappa shape index (κ2) is 40.5. The summed E-state index contributed by atoms with van der Waals surface area (Å²) in [5.41, 5.74) is 0. The SMILES string of the molecule is CCCC.CCCC.CCCC.F.